The molecule has 0 saturated heterocycles. The van der Waals surface area contributed by atoms with Gasteiger partial charge in [-0.1, -0.05) is 13.8 Å². The first-order chi connectivity index (χ1) is 7.13. The molecule has 0 heterocycles. The lowest BCUT2D eigenvalue weighted by Gasteiger charge is -2.10. The van der Waals surface area contributed by atoms with Crippen molar-refractivity contribution in [2.24, 2.45) is 5.92 Å². The van der Waals surface area contributed by atoms with Gasteiger partial charge in [0.05, 0.1) is 6.61 Å². The smallest absolute Gasteiger partial charge is 0.0593 e. The zero-order chi connectivity index (χ0) is 11.5. The zero-order valence-electron chi connectivity index (χ0n) is 10.9. The molecule has 0 aliphatic carbocycles. The van der Waals surface area contributed by atoms with E-state index in [4.69, 9.17) is 4.74 Å². The zero-order valence-corrected chi connectivity index (χ0v) is 10.9. The molecule has 0 spiro atoms. The van der Waals surface area contributed by atoms with Gasteiger partial charge in [0.15, 0.2) is 0 Å². The molecule has 0 aliphatic heterocycles. The molecular formula is C12H28N2O. The number of hydrogen-bond donors (Lipinski definition) is 1. The van der Waals surface area contributed by atoms with Crippen molar-refractivity contribution in [1.29, 1.82) is 0 Å². The van der Waals surface area contributed by atoms with Crippen LogP contribution >= 0.6 is 0 Å². The van der Waals surface area contributed by atoms with E-state index >= 15 is 0 Å². The Bertz CT molecular complexity index is 113. The lowest BCUT2D eigenvalue weighted by molar-refractivity contribution is 0.114. The van der Waals surface area contributed by atoms with Crippen LogP contribution in [0.25, 0.3) is 0 Å². The summed E-state index contributed by atoms with van der Waals surface area (Å²) in [6.07, 6.45) is 2.38. The molecule has 3 nitrogen and oxygen atoms in total. The van der Waals surface area contributed by atoms with E-state index in [1.54, 1.807) is 0 Å². The predicted molar refractivity (Wildman–Crippen MR) is 66.3 cm³/mol. The average molecular weight is 216 g/mol. The SMILES string of the molecule is CC(C)CNCCCCOCCN(C)C. The van der Waals surface area contributed by atoms with Crippen molar-refractivity contribution in [3.8, 4) is 0 Å². The van der Waals surface area contributed by atoms with Crippen molar-refractivity contribution >= 4 is 0 Å². The van der Waals surface area contributed by atoms with Crippen LogP contribution in [0.3, 0.4) is 0 Å². The van der Waals surface area contributed by atoms with Gasteiger partial charge in [-0.2, -0.15) is 0 Å². The first-order valence-corrected chi connectivity index (χ1v) is 6.06. The average Bonchev–Trinajstić information content (AvgIpc) is 2.14. The van der Waals surface area contributed by atoms with Crippen molar-refractivity contribution in [1.82, 2.24) is 10.2 Å². The highest BCUT2D eigenvalue weighted by Crippen LogP contribution is 1.91. The fourth-order valence-corrected chi connectivity index (χ4v) is 1.19. The maximum Gasteiger partial charge on any atom is 0.0593 e. The van der Waals surface area contributed by atoms with Gasteiger partial charge in [-0.15, -0.1) is 0 Å². The van der Waals surface area contributed by atoms with Crippen LogP contribution in [0.4, 0.5) is 0 Å². The summed E-state index contributed by atoms with van der Waals surface area (Å²) in [5.41, 5.74) is 0. The van der Waals surface area contributed by atoms with Crippen LogP contribution in [0.15, 0.2) is 0 Å². The fourth-order valence-electron chi connectivity index (χ4n) is 1.19. The van der Waals surface area contributed by atoms with Crippen LogP contribution in [-0.4, -0.2) is 51.8 Å². The maximum absolute atomic E-state index is 5.50. The number of nitrogens with zero attached hydrogens (tertiary/aromatic N) is 1. The molecule has 1 N–H and O–H groups in total. The Morgan fingerprint density at radius 3 is 2.47 bits per heavy atom. The van der Waals surface area contributed by atoms with Crippen LogP contribution < -0.4 is 5.32 Å². The minimum absolute atomic E-state index is 0.751. The molecule has 0 unspecified atom stereocenters. The Hall–Kier alpha value is -0.120. The normalized spacial score (nSPS) is 11.6. The van der Waals surface area contributed by atoms with E-state index < -0.39 is 0 Å². The summed E-state index contributed by atoms with van der Waals surface area (Å²) >= 11 is 0. The standard InChI is InChI=1S/C12H28N2O/c1-12(2)11-13-7-5-6-9-15-10-8-14(3)4/h12-13H,5-11H2,1-4H3. The quantitative estimate of drug-likeness (QED) is 0.561. The van der Waals surface area contributed by atoms with E-state index in [0.29, 0.717) is 0 Å². The van der Waals surface area contributed by atoms with Crippen molar-refractivity contribution in [3.63, 3.8) is 0 Å². The number of hydrogen-bond acceptors (Lipinski definition) is 3. The largest absolute Gasteiger partial charge is 0.380 e. The van der Waals surface area contributed by atoms with E-state index in [1.807, 2.05) is 0 Å². The third kappa shape index (κ3) is 13.9. The second kappa shape index (κ2) is 10.4. The third-order valence-corrected chi connectivity index (χ3v) is 2.13. The molecular weight excluding hydrogens is 188 g/mol. The first-order valence-electron chi connectivity index (χ1n) is 6.06. The van der Waals surface area contributed by atoms with Crippen LogP contribution in [0.1, 0.15) is 26.7 Å². The first kappa shape index (κ1) is 14.9. The molecule has 0 radical (unpaired) electrons. The molecule has 0 aromatic carbocycles. The Morgan fingerprint density at radius 1 is 1.13 bits per heavy atom. The topological polar surface area (TPSA) is 24.5 Å². The Morgan fingerprint density at radius 2 is 1.87 bits per heavy atom. The summed E-state index contributed by atoms with van der Waals surface area (Å²) in [5, 5.41) is 3.43. The van der Waals surface area contributed by atoms with Gasteiger partial charge in [0, 0.05) is 13.2 Å². The number of likely N-dealkylation sites (N-methyl/N-ethyl adjacent to an activating group) is 1. The van der Waals surface area contributed by atoms with Crippen molar-refractivity contribution < 1.29 is 4.74 Å². The van der Waals surface area contributed by atoms with Gasteiger partial charge in [-0.3, -0.25) is 0 Å². The van der Waals surface area contributed by atoms with Gasteiger partial charge >= 0.3 is 0 Å². The van der Waals surface area contributed by atoms with Crippen LogP contribution in [0.5, 0.6) is 0 Å². The molecule has 0 aromatic heterocycles. The van der Waals surface area contributed by atoms with E-state index in [9.17, 15) is 0 Å². The Balaban J connectivity index is 2.93. The van der Waals surface area contributed by atoms with Crippen LogP contribution in [0, 0.1) is 5.92 Å². The molecule has 3 heteroatoms. The molecule has 0 aliphatic rings. The number of nitrogens with one attached hydrogen (secondary N) is 1. The number of unbranched alkanes of at least 4 members (excludes halogenated alkanes) is 1. The van der Waals surface area contributed by atoms with E-state index in [1.165, 1.54) is 12.8 Å². The molecule has 0 aromatic rings. The highest BCUT2D eigenvalue weighted by molar-refractivity contribution is 4.51. The Kier molecular flexibility index (Phi) is 10.3. The third-order valence-electron chi connectivity index (χ3n) is 2.13. The molecule has 0 amide bonds. The van der Waals surface area contributed by atoms with Gasteiger partial charge in [-0.05, 0) is 45.9 Å². The van der Waals surface area contributed by atoms with E-state index in [0.717, 1.165) is 38.8 Å². The van der Waals surface area contributed by atoms with Gasteiger partial charge in [-0.25, -0.2) is 0 Å². The highest BCUT2D eigenvalue weighted by Gasteiger charge is 1.94. The van der Waals surface area contributed by atoms with Crippen molar-refractivity contribution in [2.75, 3.05) is 46.9 Å². The van der Waals surface area contributed by atoms with Gasteiger partial charge in [0.1, 0.15) is 0 Å². The summed E-state index contributed by atoms with van der Waals surface area (Å²) < 4.78 is 5.50. The summed E-state index contributed by atoms with van der Waals surface area (Å²) in [6.45, 7) is 9.49. The number of rotatable bonds is 10. The monoisotopic (exact) mass is 216 g/mol. The van der Waals surface area contributed by atoms with Gasteiger partial charge < -0.3 is 15.0 Å². The van der Waals surface area contributed by atoms with Crippen molar-refractivity contribution in [3.05, 3.63) is 0 Å². The molecule has 92 valence electrons. The highest BCUT2D eigenvalue weighted by atomic mass is 16.5. The Labute approximate surface area is 95.2 Å². The molecule has 0 fully saturated rings. The molecule has 0 rings (SSSR count). The predicted octanol–water partition coefficient (Wildman–Crippen LogP) is 1.59. The fraction of sp³-hybridized carbons (Fsp3) is 1.00. The maximum atomic E-state index is 5.50. The molecule has 0 saturated carbocycles. The molecule has 0 bridgehead atoms. The lowest BCUT2D eigenvalue weighted by Crippen LogP contribution is -2.21. The second-order valence-corrected chi connectivity index (χ2v) is 4.72. The summed E-state index contributed by atoms with van der Waals surface area (Å²) in [5.74, 6) is 0.751. The van der Waals surface area contributed by atoms with E-state index in [2.05, 4.69) is 38.2 Å². The minimum Gasteiger partial charge on any atom is -0.380 e. The van der Waals surface area contributed by atoms with Gasteiger partial charge in [0.2, 0.25) is 0 Å². The lowest BCUT2D eigenvalue weighted by atomic mass is 10.2. The molecule has 0 atom stereocenters. The molecule has 15 heavy (non-hydrogen) atoms. The van der Waals surface area contributed by atoms with Gasteiger partial charge in [0.25, 0.3) is 0 Å². The summed E-state index contributed by atoms with van der Waals surface area (Å²) in [6, 6.07) is 0. The number of ether oxygens (including phenoxy) is 1. The second-order valence-electron chi connectivity index (χ2n) is 4.72. The summed E-state index contributed by atoms with van der Waals surface area (Å²) in [7, 11) is 4.14. The van der Waals surface area contributed by atoms with Crippen LogP contribution in [-0.2, 0) is 4.74 Å². The van der Waals surface area contributed by atoms with E-state index in [-0.39, 0.29) is 0 Å². The minimum atomic E-state index is 0.751. The van der Waals surface area contributed by atoms with Crippen molar-refractivity contribution in [2.45, 2.75) is 26.7 Å². The summed E-state index contributed by atoms with van der Waals surface area (Å²) in [4.78, 5) is 2.14. The van der Waals surface area contributed by atoms with Crippen LogP contribution in [0.2, 0.25) is 0 Å².